The molecule has 0 spiro atoms. The lowest BCUT2D eigenvalue weighted by atomic mass is 9.96. The largest absolute Gasteiger partial charge is 0.376 e. The topological polar surface area (TPSA) is 9.23 Å². The molecule has 0 bridgehead atoms. The van der Waals surface area contributed by atoms with Crippen molar-refractivity contribution in [2.75, 3.05) is 6.61 Å². The fourth-order valence-electron chi connectivity index (χ4n) is 1.29. The van der Waals surface area contributed by atoms with Gasteiger partial charge in [0.05, 0.1) is 5.60 Å². The Balaban J connectivity index is 3.63. The summed E-state index contributed by atoms with van der Waals surface area (Å²) in [5.74, 6) is 1.43. The van der Waals surface area contributed by atoms with Crippen LogP contribution in [0.2, 0.25) is 0 Å². The first-order valence-electron chi connectivity index (χ1n) is 3.91. The van der Waals surface area contributed by atoms with Gasteiger partial charge in [-0.15, -0.1) is 0 Å². The molecule has 0 aromatic rings. The van der Waals surface area contributed by atoms with E-state index in [9.17, 15) is 0 Å². The van der Waals surface area contributed by atoms with Crippen molar-refractivity contribution in [3.63, 3.8) is 0 Å². The van der Waals surface area contributed by atoms with Crippen molar-refractivity contribution in [3.8, 4) is 0 Å². The molecule has 0 aliphatic rings. The molecule has 0 saturated heterocycles. The molecule has 0 N–H and O–H groups in total. The van der Waals surface area contributed by atoms with Crippen LogP contribution in [-0.2, 0) is 4.74 Å². The molecule has 0 amide bonds. The van der Waals surface area contributed by atoms with Crippen LogP contribution < -0.4 is 0 Å². The van der Waals surface area contributed by atoms with Gasteiger partial charge in [-0.3, -0.25) is 0 Å². The van der Waals surface area contributed by atoms with Gasteiger partial charge in [0.15, 0.2) is 0 Å². The fraction of sp³-hybridized carbons (Fsp3) is 0.889. The molecule has 1 heteroatoms. The molecule has 0 heterocycles. The van der Waals surface area contributed by atoms with Gasteiger partial charge in [-0.1, -0.05) is 13.8 Å². The first-order chi connectivity index (χ1) is 4.48. The Kier molecular flexibility index (Phi) is 3.95. The van der Waals surface area contributed by atoms with Gasteiger partial charge >= 0.3 is 0 Å². The Morgan fingerprint density at radius 2 is 1.80 bits per heavy atom. The lowest BCUT2D eigenvalue weighted by Gasteiger charge is -2.26. The lowest BCUT2D eigenvalue weighted by Crippen LogP contribution is -2.25. The van der Waals surface area contributed by atoms with E-state index in [2.05, 4.69) is 27.7 Å². The average Bonchev–Trinajstić information content (AvgIpc) is 1.59. The van der Waals surface area contributed by atoms with Crippen LogP contribution in [-0.4, -0.2) is 12.2 Å². The highest BCUT2D eigenvalue weighted by atomic mass is 16.5. The smallest absolute Gasteiger partial charge is 0.0631 e. The van der Waals surface area contributed by atoms with Crippen LogP contribution in [0.5, 0.6) is 0 Å². The summed E-state index contributed by atoms with van der Waals surface area (Å²) >= 11 is 0. The summed E-state index contributed by atoms with van der Waals surface area (Å²) in [5.41, 5.74) is 0.0353. The maximum atomic E-state index is 5.52. The SMILES string of the molecule is CCOC(C)(C)C[C](C)C. The van der Waals surface area contributed by atoms with Gasteiger partial charge in [-0.25, -0.2) is 0 Å². The van der Waals surface area contributed by atoms with Crippen molar-refractivity contribution in [2.45, 2.75) is 46.6 Å². The summed E-state index contributed by atoms with van der Waals surface area (Å²) in [5, 5.41) is 0. The molecule has 0 aliphatic carbocycles. The van der Waals surface area contributed by atoms with E-state index in [1.807, 2.05) is 6.92 Å². The molecule has 0 aromatic carbocycles. The Labute approximate surface area is 64.8 Å². The van der Waals surface area contributed by atoms with Gasteiger partial charge in [0, 0.05) is 6.61 Å². The monoisotopic (exact) mass is 143 g/mol. The zero-order valence-corrected chi connectivity index (χ0v) is 7.82. The zero-order chi connectivity index (χ0) is 8.20. The van der Waals surface area contributed by atoms with Crippen molar-refractivity contribution >= 4 is 0 Å². The van der Waals surface area contributed by atoms with Crippen molar-refractivity contribution in [1.29, 1.82) is 0 Å². The molecule has 1 nitrogen and oxygen atoms in total. The van der Waals surface area contributed by atoms with Crippen LogP contribution in [0.3, 0.4) is 0 Å². The van der Waals surface area contributed by atoms with Gasteiger partial charge in [0.1, 0.15) is 0 Å². The summed E-state index contributed by atoms with van der Waals surface area (Å²) in [4.78, 5) is 0. The van der Waals surface area contributed by atoms with Gasteiger partial charge in [0.2, 0.25) is 0 Å². The maximum absolute atomic E-state index is 5.52. The van der Waals surface area contributed by atoms with Crippen LogP contribution in [0.1, 0.15) is 41.0 Å². The minimum Gasteiger partial charge on any atom is -0.376 e. The van der Waals surface area contributed by atoms with Crippen LogP contribution in [0.15, 0.2) is 0 Å². The number of ether oxygens (including phenoxy) is 1. The highest BCUT2D eigenvalue weighted by Gasteiger charge is 2.18. The Morgan fingerprint density at radius 3 is 2.10 bits per heavy atom. The number of hydrogen-bond donors (Lipinski definition) is 0. The Morgan fingerprint density at radius 1 is 1.30 bits per heavy atom. The third-order valence-electron chi connectivity index (χ3n) is 1.31. The van der Waals surface area contributed by atoms with Crippen LogP contribution in [0, 0.1) is 5.92 Å². The normalized spacial score (nSPS) is 12.6. The first kappa shape index (κ1) is 9.96. The highest BCUT2D eigenvalue weighted by Crippen LogP contribution is 2.20. The summed E-state index contributed by atoms with van der Waals surface area (Å²) in [6.45, 7) is 11.4. The van der Waals surface area contributed by atoms with E-state index in [0.29, 0.717) is 0 Å². The van der Waals surface area contributed by atoms with E-state index in [1.54, 1.807) is 0 Å². The quantitative estimate of drug-likeness (QED) is 0.588. The molecular weight excluding hydrogens is 124 g/mol. The van der Waals surface area contributed by atoms with Gasteiger partial charge in [0.25, 0.3) is 0 Å². The van der Waals surface area contributed by atoms with E-state index in [-0.39, 0.29) is 5.60 Å². The molecule has 0 fully saturated rings. The van der Waals surface area contributed by atoms with E-state index < -0.39 is 0 Å². The summed E-state index contributed by atoms with van der Waals surface area (Å²) in [7, 11) is 0. The molecule has 0 atom stereocenters. The van der Waals surface area contributed by atoms with Gasteiger partial charge < -0.3 is 4.74 Å². The van der Waals surface area contributed by atoms with Crippen molar-refractivity contribution in [2.24, 2.45) is 0 Å². The van der Waals surface area contributed by atoms with Gasteiger partial charge in [-0.2, -0.15) is 0 Å². The molecule has 61 valence electrons. The van der Waals surface area contributed by atoms with E-state index in [4.69, 9.17) is 4.74 Å². The van der Waals surface area contributed by atoms with Crippen molar-refractivity contribution in [3.05, 3.63) is 5.92 Å². The Bertz CT molecular complexity index is 84.7. The molecule has 0 rings (SSSR count). The molecule has 0 unspecified atom stereocenters. The minimum atomic E-state index is 0.0353. The molecule has 10 heavy (non-hydrogen) atoms. The van der Waals surface area contributed by atoms with E-state index >= 15 is 0 Å². The van der Waals surface area contributed by atoms with Gasteiger partial charge in [-0.05, 0) is 33.1 Å². The predicted octanol–water partition coefficient (Wildman–Crippen LogP) is 2.81. The van der Waals surface area contributed by atoms with Crippen LogP contribution >= 0.6 is 0 Å². The Hall–Kier alpha value is -0.0400. The zero-order valence-electron chi connectivity index (χ0n) is 7.82. The third kappa shape index (κ3) is 4.80. The third-order valence-corrected chi connectivity index (χ3v) is 1.31. The minimum absolute atomic E-state index is 0.0353. The molecule has 1 radical (unpaired) electrons. The van der Waals surface area contributed by atoms with E-state index in [1.165, 1.54) is 5.92 Å². The lowest BCUT2D eigenvalue weighted by molar-refractivity contribution is -0.0128. The van der Waals surface area contributed by atoms with Crippen molar-refractivity contribution < 1.29 is 4.74 Å². The first-order valence-corrected chi connectivity index (χ1v) is 3.91. The van der Waals surface area contributed by atoms with E-state index in [0.717, 1.165) is 13.0 Å². The number of hydrogen-bond acceptors (Lipinski definition) is 1. The average molecular weight is 143 g/mol. The molecular formula is C9H19O. The molecule has 0 aromatic heterocycles. The van der Waals surface area contributed by atoms with Crippen molar-refractivity contribution in [1.82, 2.24) is 0 Å². The standard InChI is InChI=1S/C9H19O/c1-6-10-9(4,5)7-8(2)3/h6-7H2,1-5H3. The second kappa shape index (κ2) is 3.97. The summed E-state index contributed by atoms with van der Waals surface area (Å²) in [6, 6.07) is 0. The highest BCUT2D eigenvalue weighted by molar-refractivity contribution is 4.86. The predicted molar refractivity (Wildman–Crippen MR) is 44.9 cm³/mol. The molecule has 0 saturated carbocycles. The second-order valence-corrected chi connectivity index (χ2v) is 3.58. The fourth-order valence-corrected chi connectivity index (χ4v) is 1.29. The second-order valence-electron chi connectivity index (χ2n) is 3.58. The van der Waals surface area contributed by atoms with Crippen LogP contribution in [0.4, 0.5) is 0 Å². The maximum Gasteiger partial charge on any atom is 0.0631 e. The summed E-state index contributed by atoms with van der Waals surface area (Å²) in [6.07, 6.45) is 1.06. The molecule has 0 aliphatic heterocycles. The number of rotatable bonds is 4. The summed E-state index contributed by atoms with van der Waals surface area (Å²) < 4.78 is 5.52. The van der Waals surface area contributed by atoms with Crippen LogP contribution in [0.25, 0.3) is 0 Å².